The highest BCUT2D eigenvalue weighted by Gasteiger charge is 2.07. The molecule has 1 unspecified atom stereocenters. The number of rotatable bonds is 3. The van der Waals surface area contributed by atoms with Gasteiger partial charge in [-0.2, -0.15) is 0 Å². The molecule has 0 heterocycles. The second-order valence-corrected chi connectivity index (χ2v) is 3.25. The van der Waals surface area contributed by atoms with Crippen LogP contribution in [0.2, 0.25) is 5.02 Å². The lowest BCUT2D eigenvalue weighted by Gasteiger charge is -2.09. The zero-order valence-electron chi connectivity index (χ0n) is 7.26. The fourth-order valence-electron chi connectivity index (χ4n) is 0.817. The molecule has 2 nitrogen and oxygen atoms in total. The van der Waals surface area contributed by atoms with Crippen LogP contribution >= 0.6 is 11.6 Å². The average molecular weight is 204 g/mol. The summed E-state index contributed by atoms with van der Waals surface area (Å²) >= 11 is 5.54. The van der Waals surface area contributed by atoms with Crippen LogP contribution in [-0.2, 0) is 0 Å². The highest BCUT2D eigenvalue weighted by atomic mass is 35.5. The predicted octanol–water partition coefficient (Wildman–Crippen LogP) is 2.21. The van der Waals surface area contributed by atoms with Crippen molar-refractivity contribution in [2.75, 3.05) is 6.61 Å². The Morgan fingerprint density at radius 1 is 1.62 bits per heavy atom. The molecule has 0 fully saturated rings. The van der Waals surface area contributed by atoms with Crippen molar-refractivity contribution in [2.45, 2.75) is 13.0 Å². The molecule has 1 aromatic rings. The van der Waals surface area contributed by atoms with E-state index >= 15 is 0 Å². The summed E-state index contributed by atoms with van der Waals surface area (Å²) in [5.74, 6) is -0.394. The predicted molar refractivity (Wildman–Crippen MR) is 50.6 cm³/mol. The fraction of sp³-hybridized carbons (Fsp3) is 0.333. The number of benzene rings is 1. The lowest BCUT2D eigenvalue weighted by Crippen LogP contribution is -2.23. The van der Waals surface area contributed by atoms with Crippen molar-refractivity contribution in [1.82, 2.24) is 0 Å². The summed E-state index contributed by atoms with van der Waals surface area (Å²) < 4.78 is 18.2. The van der Waals surface area contributed by atoms with Crippen LogP contribution in [0.5, 0.6) is 5.75 Å². The maximum atomic E-state index is 13.2. The van der Waals surface area contributed by atoms with Gasteiger partial charge in [0.1, 0.15) is 6.61 Å². The standard InChI is InChI=1S/C9H11ClFNO/c1-6(12)5-13-8-4-2-3-7(10)9(8)11/h2-4,6H,5,12H2,1H3. The van der Waals surface area contributed by atoms with Crippen LogP contribution in [-0.4, -0.2) is 12.6 Å². The van der Waals surface area contributed by atoms with Crippen molar-refractivity contribution in [2.24, 2.45) is 5.73 Å². The number of nitrogens with two attached hydrogens (primary N) is 1. The van der Waals surface area contributed by atoms with Gasteiger partial charge in [-0.15, -0.1) is 0 Å². The molecule has 13 heavy (non-hydrogen) atoms. The van der Waals surface area contributed by atoms with Crippen LogP contribution in [0.25, 0.3) is 0 Å². The molecule has 0 saturated heterocycles. The topological polar surface area (TPSA) is 35.2 Å². The average Bonchev–Trinajstić information content (AvgIpc) is 2.07. The fourth-order valence-corrected chi connectivity index (χ4v) is 0.983. The third kappa shape index (κ3) is 2.86. The summed E-state index contributed by atoms with van der Waals surface area (Å²) in [5, 5.41) is 0.0576. The molecule has 2 N–H and O–H groups in total. The van der Waals surface area contributed by atoms with Gasteiger partial charge in [-0.25, -0.2) is 4.39 Å². The monoisotopic (exact) mass is 203 g/mol. The van der Waals surface area contributed by atoms with E-state index < -0.39 is 5.82 Å². The Bertz CT molecular complexity index is 291. The molecule has 0 radical (unpaired) electrons. The highest BCUT2D eigenvalue weighted by molar-refractivity contribution is 6.30. The van der Waals surface area contributed by atoms with Crippen molar-refractivity contribution < 1.29 is 9.13 Å². The molecule has 0 amide bonds. The first-order chi connectivity index (χ1) is 6.11. The summed E-state index contributed by atoms with van der Waals surface area (Å²) in [6.45, 7) is 2.06. The third-order valence-corrected chi connectivity index (χ3v) is 1.71. The maximum Gasteiger partial charge on any atom is 0.183 e. The first-order valence-corrected chi connectivity index (χ1v) is 4.31. The van der Waals surface area contributed by atoms with Gasteiger partial charge < -0.3 is 10.5 Å². The molecular formula is C9H11ClFNO. The Morgan fingerprint density at radius 2 is 2.31 bits per heavy atom. The summed E-state index contributed by atoms with van der Waals surface area (Å²) in [4.78, 5) is 0. The largest absolute Gasteiger partial charge is 0.489 e. The number of halogens is 2. The molecule has 0 aliphatic heterocycles. The number of ether oxygens (including phenoxy) is 1. The molecule has 0 spiro atoms. The van der Waals surface area contributed by atoms with Gasteiger partial charge in [0, 0.05) is 6.04 Å². The minimum atomic E-state index is -0.537. The normalized spacial score (nSPS) is 12.6. The molecule has 4 heteroatoms. The van der Waals surface area contributed by atoms with Gasteiger partial charge in [0.05, 0.1) is 5.02 Å². The summed E-state index contributed by atoms with van der Waals surface area (Å²) in [5.41, 5.74) is 5.45. The van der Waals surface area contributed by atoms with Crippen LogP contribution < -0.4 is 10.5 Å². The second-order valence-electron chi connectivity index (χ2n) is 2.84. The van der Waals surface area contributed by atoms with Crippen molar-refractivity contribution in [3.05, 3.63) is 29.0 Å². The van der Waals surface area contributed by atoms with Crippen LogP contribution in [0, 0.1) is 5.82 Å². The zero-order chi connectivity index (χ0) is 9.84. The van der Waals surface area contributed by atoms with Gasteiger partial charge in [-0.1, -0.05) is 17.7 Å². The molecular weight excluding hydrogens is 193 g/mol. The molecule has 1 atom stereocenters. The van der Waals surface area contributed by atoms with Crippen LogP contribution in [0.1, 0.15) is 6.92 Å². The summed E-state index contributed by atoms with van der Waals surface area (Å²) in [6.07, 6.45) is 0. The van der Waals surface area contributed by atoms with E-state index in [2.05, 4.69) is 0 Å². The molecule has 72 valence electrons. The Balaban J connectivity index is 2.71. The highest BCUT2D eigenvalue weighted by Crippen LogP contribution is 2.23. The molecule has 1 aromatic carbocycles. The van der Waals surface area contributed by atoms with Crippen molar-refractivity contribution in [3.8, 4) is 5.75 Å². The van der Waals surface area contributed by atoms with Gasteiger partial charge in [0.15, 0.2) is 11.6 Å². The van der Waals surface area contributed by atoms with Gasteiger partial charge >= 0.3 is 0 Å². The third-order valence-electron chi connectivity index (χ3n) is 1.42. The summed E-state index contributed by atoms with van der Waals surface area (Å²) in [7, 11) is 0. The van der Waals surface area contributed by atoms with Crippen LogP contribution in [0.3, 0.4) is 0 Å². The van der Waals surface area contributed by atoms with E-state index in [1.165, 1.54) is 12.1 Å². The first kappa shape index (κ1) is 10.3. The van der Waals surface area contributed by atoms with E-state index in [4.69, 9.17) is 22.1 Å². The lowest BCUT2D eigenvalue weighted by atomic mass is 10.3. The molecule has 0 aliphatic carbocycles. The van der Waals surface area contributed by atoms with E-state index in [9.17, 15) is 4.39 Å². The van der Waals surface area contributed by atoms with Gasteiger partial charge in [0.25, 0.3) is 0 Å². The van der Waals surface area contributed by atoms with Gasteiger partial charge in [0.2, 0.25) is 0 Å². The van der Waals surface area contributed by atoms with E-state index in [0.29, 0.717) is 0 Å². The molecule has 1 rings (SSSR count). The molecule has 0 aromatic heterocycles. The van der Waals surface area contributed by atoms with E-state index in [1.807, 2.05) is 0 Å². The Morgan fingerprint density at radius 3 is 2.92 bits per heavy atom. The van der Waals surface area contributed by atoms with Crippen LogP contribution in [0.4, 0.5) is 4.39 Å². The number of hydrogen-bond acceptors (Lipinski definition) is 2. The minimum Gasteiger partial charge on any atom is -0.489 e. The molecule has 0 bridgehead atoms. The quantitative estimate of drug-likeness (QED) is 0.818. The van der Waals surface area contributed by atoms with Crippen molar-refractivity contribution >= 4 is 11.6 Å². The lowest BCUT2D eigenvalue weighted by molar-refractivity contribution is 0.282. The van der Waals surface area contributed by atoms with Gasteiger partial charge in [-0.3, -0.25) is 0 Å². The van der Waals surface area contributed by atoms with Gasteiger partial charge in [-0.05, 0) is 19.1 Å². The smallest absolute Gasteiger partial charge is 0.183 e. The SMILES string of the molecule is CC(N)COc1cccc(Cl)c1F. The zero-order valence-corrected chi connectivity index (χ0v) is 8.01. The summed E-state index contributed by atoms with van der Waals surface area (Å²) in [6, 6.07) is 4.49. The Kier molecular flexibility index (Phi) is 3.51. The number of hydrogen-bond donors (Lipinski definition) is 1. The van der Waals surface area contributed by atoms with E-state index in [1.54, 1.807) is 13.0 Å². The van der Waals surface area contributed by atoms with E-state index in [0.717, 1.165) is 0 Å². The molecule has 0 saturated carbocycles. The van der Waals surface area contributed by atoms with Crippen molar-refractivity contribution in [3.63, 3.8) is 0 Å². The van der Waals surface area contributed by atoms with E-state index in [-0.39, 0.29) is 23.4 Å². The molecule has 0 aliphatic rings. The Labute approximate surface area is 81.4 Å². The Hall–Kier alpha value is -0.800. The second kappa shape index (κ2) is 4.44. The first-order valence-electron chi connectivity index (χ1n) is 3.93. The van der Waals surface area contributed by atoms with Crippen molar-refractivity contribution in [1.29, 1.82) is 0 Å². The maximum absolute atomic E-state index is 13.2. The minimum absolute atomic E-state index is 0.0576. The van der Waals surface area contributed by atoms with Crippen LogP contribution in [0.15, 0.2) is 18.2 Å².